The van der Waals surface area contributed by atoms with Gasteiger partial charge in [0.2, 0.25) is 0 Å². The van der Waals surface area contributed by atoms with Crippen LogP contribution in [0.5, 0.6) is 5.75 Å². The third kappa shape index (κ3) is 3.28. The van der Waals surface area contributed by atoms with Gasteiger partial charge in [0.25, 0.3) is 11.7 Å². The Labute approximate surface area is 144 Å². The van der Waals surface area contributed by atoms with Gasteiger partial charge >= 0.3 is 11.9 Å². The van der Waals surface area contributed by atoms with Gasteiger partial charge in [0.15, 0.2) is 11.2 Å². The number of nitrogens with one attached hydrogen (secondary N) is 2. The molecule has 0 saturated carbocycles. The molecule has 1 aromatic rings. The number of carbonyl (C=O) groups excluding carboxylic acids is 3. The number of rotatable bonds is 2. The lowest BCUT2D eigenvalue weighted by Crippen LogP contribution is -2.45. The van der Waals surface area contributed by atoms with Gasteiger partial charge in [0.05, 0.1) is 5.69 Å². The first-order chi connectivity index (χ1) is 11.6. The Morgan fingerprint density at radius 3 is 2.28 bits per heavy atom. The van der Waals surface area contributed by atoms with E-state index >= 15 is 0 Å². The van der Waals surface area contributed by atoms with Gasteiger partial charge in [-0.15, -0.1) is 0 Å². The molecule has 2 aliphatic heterocycles. The molecule has 132 valence electrons. The van der Waals surface area contributed by atoms with E-state index in [4.69, 9.17) is 14.2 Å². The number of esters is 2. The van der Waals surface area contributed by atoms with Crippen LogP contribution in [0.4, 0.5) is 11.4 Å². The first-order valence-electron chi connectivity index (χ1n) is 7.65. The van der Waals surface area contributed by atoms with E-state index in [1.807, 2.05) is 0 Å². The first-order valence-corrected chi connectivity index (χ1v) is 7.65. The Balaban J connectivity index is 1.79. The molecule has 1 aromatic carbocycles. The molecule has 2 heterocycles. The Morgan fingerprint density at radius 1 is 1.00 bits per heavy atom. The zero-order valence-corrected chi connectivity index (χ0v) is 14.3. The molecule has 0 radical (unpaired) electrons. The maximum atomic E-state index is 12.0. The van der Waals surface area contributed by atoms with Crippen LogP contribution in [0.15, 0.2) is 30.0 Å². The summed E-state index contributed by atoms with van der Waals surface area (Å²) in [6, 6.07) is 4.99. The summed E-state index contributed by atoms with van der Waals surface area (Å²) in [4.78, 5) is 35.7. The predicted molar refractivity (Wildman–Crippen MR) is 87.7 cm³/mol. The molecule has 0 aromatic heterocycles. The van der Waals surface area contributed by atoms with Gasteiger partial charge in [-0.2, -0.15) is 0 Å². The van der Waals surface area contributed by atoms with E-state index in [1.165, 1.54) is 20.0 Å². The molecule has 3 rings (SSSR count). The van der Waals surface area contributed by atoms with E-state index < -0.39 is 23.3 Å². The summed E-state index contributed by atoms with van der Waals surface area (Å²) in [6.45, 7) is 6.29. The van der Waals surface area contributed by atoms with Crippen molar-refractivity contribution in [2.75, 3.05) is 10.6 Å². The number of cyclic esters (lactones) is 2. The third-order valence-electron chi connectivity index (χ3n) is 3.64. The molecule has 0 unspecified atom stereocenters. The molecule has 8 heteroatoms. The molecule has 0 spiro atoms. The summed E-state index contributed by atoms with van der Waals surface area (Å²) in [5.74, 6) is -2.57. The normalized spacial score (nSPS) is 20.5. The second kappa shape index (κ2) is 5.51. The van der Waals surface area contributed by atoms with Crippen molar-refractivity contribution in [2.24, 2.45) is 0 Å². The van der Waals surface area contributed by atoms with E-state index in [9.17, 15) is 14.4 Å². The van der Waals surface area contributed by atoms with Crippen molar-refractivity contribution >= 4 is 29.2 Å². The predicted octanol–water partition coefficient (Wildman–Crippen LogP) is 1.93. The molecule has 1 saturated heterocycles. The third-order valence-corrected chi connectivity index (χ3v) is 3.64. The van der Waals surface area contributed by atoms with E-state index in [0.29, 0.717) is 17.1 Å². The van der Waals surface area contributed by atoms with Crippen LogP contribution in [0.2, 0.25) is 0 Å². The van der Waals surface area contributed by atoms with Gasteiger partial charge in [0, 0.05) is 25.7 Å². The minimum Gasteiger partial charge on any atom is -0.476 e. The highest BCUT2D eigenvalue weighted by atomic mass is 16.7. The highest BCUT2D eigenvalue weighted by Crippen LogP contribution is 2.35. The Bertz CT molecular complexity index is 787. The zero-order valence-electron chi connectivity index (χ0n) is 14.3. The lowest BCUT2D eigenvalue weighted by atomic mass is 10.1. The summed E-state index contributed by atoms with van der Waals surface area (Å²) in [7, 11) is 0. The van der Waals surface area contributed by atoms with E-state index in [1.54, 1.807) is 32.0 Å². The lowest BCUT2D eigenvalue weighted by Gasteiger charge is -2.31. The number of benzene rings is 1. The molecule has 2 aliphatic rings. The van der Waals surface area contributed by atoms with Crippen molar-refractivity contribution in [3.8, 4) is 5.75 Å². The number of anilines is 2. The summed E-state index contributed by atoms with van der Waals surface area (Å²) >= 11 is 0. The largest absolute Gasteiger partial charge is 0.476 e. The van der Waals surface area contributed by atoms with Crippen molar-refractivity contribution in [1.29, 1.82) is 0 Å². The van der Waals surface area contributed by atoms with Crippen LogP contribution in [-0.4, -0.2) is 29.2 Å². The monoisotopic (exact) mass is 346 g/mol. The topological polar surface area (TPSA) is 103 Å². The van der Waals surface area contributed by atoms with Crippen molar-refractivity contribution in [1.82, 2.24) is 0 Å². The van der Waals surface area contributed by atoms with Gasteiger partial charge in [-0.3, -0.25) is 4.79 Å². The lowest BCUT2D eigenvalue weighted by molar-refractivity contribution is -0.222. The van der Waals surface area contributed by atoms with Gasteiger partial charge in [-0.25, -0.2) is 9.59 Å². The number of amides is 1. The van der Waals surface area contributed by atoms with Crippen LogP contribution >= 0.6 is 0 Å². The second-order valence-corrected chi connectivity index (χ2v) is 6.66. The average molecular weight is 346 g/mol. The van der Waals surface area contributed by atoms with Gasteiger partial charge in [-0.1, -0.05) is 0 Å². The van der Waals surface area contributed by atoms with Crippen LogP contribution in [-0.2, 0) is 23.9 Å². The van der Waals surface area contributed by atoms with E-state index in [2.05, 4.69) is 10.6 Å². The number of carbonyl (C=O) groups is 3. The quantitative estimate of drug-likeness (QED) is 0.479. The first kappa shape index (κ1) is 16.8. The Kier molecular flexibility index (Phi) is 3.70. The second-order valence-electron chi connectivity index (χ2n) is 6.66. The van der Waals surface area contributed by atoms with Crippen molar-refractivity contribution in [3.05, 3.63) is 30.0 Å². The number of hydrogen-bond acceptors (Lipinski definition) is 7. The Morgan fingerprint density at radius 2 is 1.64 bits per heavy atom. The molecule has 0 aliphatic carbocycles. The molecule has 25 heavy (non-hydrogen) atoms. The van der Waals surface area contributed by atoms with Crippen LogP contribution in [0.3, 0.4) is 0 Å². The molecule has 8 nitrogen and oxygen atoms in total. The fraction of sp³-hybridized carbons (Fsp3) is 0.353. The standard InChI is InChI=1S/C17H18N2O6/c1-16(2)15(22)19-11-7-9(5-6-12(11)23-16)18-8-10-13(20)24-17(3,4)25-14(10)21/h5-8,18H,1-4H3,(H,19,22). The van der Waals surface area contributed by atoms with Gasteiger partial charge < -0.3 is 24.8 Å². The van der Waals surface area contributed by atoms with Crippen LogP contribution in [0, 0.1) is 0 Å². The number of ether oxygens (including phenoxy) is 3. The fourth-order valence-electron chi connectivity index (χ4n) is 2.33. The molecule has 1 fully saturated rings. The maximum absolute atomic E-state index is 12.0. The molecular weight excluding hydrogens is 328 g/mol. The maximum Gasteiger partial charge on any atom is 0.350 e. The highest BCUT2D eigenvalue weighted by Gasteiger charge is 2.39. The summed E-state index contributed by atoms with van der Waals surface area (Å²) in [6.07, 6.45) is 1.21. The molecule has 1 amide bonds. The van der Waals surface area contributed by atoms with E-state index in [-0.39, 0.29) is 11.5 Å². The van der Waals surface area contributed by atoms with Gasteiger partial charge in [0.1, 0.15) is 5.75 Å². The molecule has 0 atom stereocenters. The SMILES string of the molecule is CC1(C)OC(=O)C(=CNc2ccc3c(c2)NC(=O)C(C)(C)O3)C(=O)O1. The van der Waals surface area contributed by atoms with E-state index in [0.717, 1.165) is 0 Å². The van der Waals surface area contributed by atoms with Crippen LogP contribution in [0.1, 0.15) is 27.7 Å². The highest BCUT2D eigenvalue weighted by molar-refractivity contribution is 6.15. The Hall–Kier alpha value is -3.03. The van der Waals surface area contributed by atoms with Crippen molar-refractivity contribution in [2.45, 2.75) is 39.1 Å². The molecular formula is C17H18N2O6. The summed E-state index contributed by atoms with van der Waals surface area (Å²) < 4.78 is 15.6. The molecule has 2 N–H and O–H groups in total. The fourth-order valence-corrected chi connectivity index (χ4v) is 2.33. The minimum absolute atomic E-state index is 0.251. The summed E-state index contributed by atoms with van der Waals surface area (Å²) in [5.41, 5.74) is -0.173. The molecule has 0 bridgehead atoms. The summed E-state index contributed by atoms with van der Waals surface area (Å²) in [5, 5.41) is 5.57. The van der Waals surface area contributed by atoms with Crippen molar-refractivity contribution in [3.63, 3.8) is 0 Å². The van der Waals surface area contributed by atoms with Gasteiger partial charge in [-0.05, 0) is 32.0 Å². The smallest absolute Gasteiger partial charge is 0.350 e. The van der Waals surface area contributed by atoms with Crippen LogP contribution < -0.4 is 15.4 Å². The zero-order chi connectivity index (χ0) is 18.4. The number of hydrogen-bond donors (Lipinski definition) is 2. The average Bonchev–Trinajstić information content (AvgIpc) is 2.46. The minimum atomic E-state index is -1.29. The van der Waals surface area contributed by atoms with Crippen molar-refractivity contribution < 1.29 is 28.6 Å². The number of fused-ring (bicyclic) bond motifs is 1. The van der Waals surface area contributed by atoms with Crippen LogP contribution in [0.25, 0.3) is 0 Å².